The summed E-state index contributed by atoms with van der Waals surface area (Å²) in [5.41, 5.74) is 0. The summed E-state index contributed by atoms with van der Waals surface area (Å²) in [6, 6.07) is 0. The summed E-state index contributed by atoms with van der Waals surface area (Å²) < 4.78 is 4.40. The molecule has 1 N–H and O–H groups in total. The SMILES string of the molecule is CC(C(=O)O)C1CCCCC1.CCOC(C)=O. The van der Waals surface area contributed by atoms with Crippen LogP contribution in [0.5, 0.6) is 0 Å². The van der Waals surface area contributed by atoms with Crippen molar-refractivity contribution in [3.63, 3.8) is 0 Å². The molecule has 0 aromatic rings. The topological polar surface area (TPSA) is 63.6 Å². The van der Waals surface area contributed by atoms with E-state index in [4.69, 9.17) is 5.11 Å². The van der Waals surface area contributed by atoms with Crippen LogP contribution in [0.15, 0.2) is 0 Å². The zero-order chi connectivity index (χ0) is 13.3. The maximum Gasteiger partial charge on any atom is 0.306 e. The highest BCUT2D eigenvalue weighted by molar-refractivity contribution is 5.69. The summed E-state index contributed by atoms with van der Waals surface area (Å²) >= 11 is 0. The highest BCUT2D eigenvalue weighted by atomic mass is 16.5. The van der Waals surface area contributed by atoms with Crippen molar-refractivity contribution < 1.29 is 19.4 Å². The Balaban J connectivity index is 0.000000366. The third-order valence-corrected chi connectivity index (χ3v) is 3.09. The molecule has 1 aliphatic rings. The van der Waals surface area contributed by atoms with E-state index >= 15 is 0 Å². The lowest BCUT2D eigenvalue weighted by Crippen LogP contribution is -2.22. The van der Waals surface area contributed by atoms with Crippen molar-refractivity contribution in [2.24, 2.45) is 11.8 Å². The predicted molar refractivity (Wildman–Crippen MR) is 65.7 cm³/mol. The molecule has 0 aromatic heterocycles. The second-order valence-corrected chi connectivity index (χ2v) is 4.45. The normalized spacial score (nSPS) is 17.6. The molecule has 4 heteroatoms. The van der Waals surface area contributed by atoms with Crippen molar-refractivity contribution in [2.45, 2.75) is 52.9 Å². The van der Waals surface area contributed by atoms with Crippen molar-refractivity contribution in [1.82, 2.24) is 0 Å². The highest BCUT2D eigenvalue weighted by Gasteiger charge is 2.24. The molecule has 0 radical (unpaired) electrons. The molecular formula is C13H24O4. The van der Waals surface area contributed by atoms with E-state index in [0.717, 1.165) is 12.8 Å². The first-order valence-electron chi connectivity index (χ1n) is 6.35. The minimum atomic E-state index is -0.628. The van der Waals surface area contributed by atoms with E-state index < -0.39 is 5.97 Å². The van der Waals surface area contributed by atoms with Gasteiger partial charge < -0.3 is 9.84 Å². The molecule has 1 fully saturated rings. The quantitative estimate of drug-likeness (QED) is 0.775. The van der Waals surface area contributed by atoms with Gasteiger partial charge in [-0.1, -0.05) is 26.2 Å². The Kier molecular flexibility index (Phi) is 8.46. The number of carbonyl (C=O) groups is 2. The number of carboxylic acids is 1. The van der Waals surface area contributed by atoms with Gasteiger partial charge in [-0.15, -0.1) is 0 Å². The summed E-state index contributed by atoms with van der Waals surface area (Å²) in [6.07, 6.45) is 5.98. The molecule has 100 valence electrons. The smallest absolute Gasteiger partial charge is 0.306 e. The first-order valence-corrected chi connectivity index (χ1v) is 6.35. The molecule has 0 aromatic carbocycles. The van der Waals surface area contributed by atoms with Crippen molar-refractivity contribution in [3.05, 3.63) is 0 Å². The summed E-state index contributed by atoms with van der Waals surface area (Å²) in [7, 11) is 0. The van der Waals surface area contributed by atoms with Gasteiger partial charge in [-0.05, 0) is 25.7 Å². The molecule has 0 bridgehead atoms. The highest BCUT2D eigenvalue weighted by Crippen LogP contribution is 2.29. The molecule has 0 amide bonds. The Morgan fingerprint density at radius 3 is 2.12 bits per heavy atom. The molecule has 0 heterocycles. The van der Waals surface area contributed by atoms with Crippen LogP contribution in [0.25, 0.3) is 0 Å². The zero-order valence-corrected chi connectivity index (χ0v) is 11.1. The standard InChI is InChI=1S/C9H16O2.C4H8O2/c1-7(9(10)11)8-5-3-2-4-6-8;1-3-6-4(2)5/h7-8H,2-6H2,1H3,(H,10,11);3H2,1-2H3. The number of ether oxygens (including phenoxy) is 1. The molecule has 1 atom stereocenters. The zero-order valence-electron chi connectivity index (χ0n) is 11.1. The summed E-state index contributed by atoms with van der Waals surface area (Å²) in [6.45, 7) is 5.48. The van der Waals surface area contributed by atoms with Crippen LogP contribution < -0.4 is 0 Å². The van der Waals surface area contributed by atoms with Gasteiger partial charge in [0.2, 0.25) is 0 Å². The van der Waals surface area contributed by atoms with Crippen LogP contribution in [0.4, 0.5) is 0 Å². The second kappa shape index (κ2) is 9.02. The first-order chi connectivity index (χ1) is 7.99. The predicted octanol–water partition coefficient (Wildman–Crippen LogP) is 2.86. The van der Waals surface area contributed by atoms with Gasteiger partial charge >= 0.3 is 11.9 Å². The third kappa shape index (κ3) is 7.77. The number of rotatable bonds is 3. The number of carbonyl (C=O) groups excluding carboxylic acids is 1. The molecular weight excluding hydrogens is 220 g/mol. The minimum absolute atomic E-state index is 0.129. The van der Waals surface area contributed by atoms with Gasteiger partial charge in [0.25, 0.3) is 0 Å². The van der Waals surface area contributed by atoms with E-state index in [-0.39, 0.29) is 11.9 Å². The molecule has 17 heavy (non-hydrogen) atoms. The van der Waals surface area contributed by atoms with Crippen LogP contribution in [0, 0.1) is 11.8 Å². The fourth-order valence-corrected chi connectivity index (χ4v) is 2.04. The van der Waals surface area contributed by atoms with E-state index in [0.29, 0.717) is 12.5 Å². The van der Waals surface area contributed by atoms with E-state index in [1.54, 1.807) is 6.92 Å². The van der Waals surface area contributed by atoms with Crippen LogP contribution in [-0.2, 0) is 14.3 Å². The summed E-state index contributed by atoms with van der Waals surface area (Å²) in [5, 5.41) is 8.73. The number of aliphatic carboxylic acids is 1. The Morgan fingerprint density at radius 2 is 1.82 bits per heavy atom. The number of hydrogen-bond donors (Lipinski definition) is 1. The van der Waals surface area contributed by atoms with Crippen molar-refractivity contribution in [2.75, 3.05) is 6.61 Å². The fraction of sp³-hybridized carbons (Fsp3) is 0.846. The Bertz CT molecular complexity index is 232. The van der Waals surface area contributed by atoms with E-state index in [2.05, 4.69) is 4.74 Å². The number of esters is 1. The van der Waals surface area contributed by atoms with Gasteiger partial charge in [-0.2, -0.15) is 0 Å². The largest absolute Gasteiger partial charge is 0.481 e. The van der Waals surface area contributed by atoms with Crippen LogP contribution in [0.3, 0.4) is 0 Å². The molecule has 1 saturated carbocycles. The first kappa shape index (κ1) is 15.9. The lowest BCUT2D eigenvalue weighted by molar-refractivity contribution is -0.143. The van der Waals surface area contributed by atoms with Gasteiger partial charge in [0, 0.05) is 6.92 Å². The second-order valence-electron chi connectivity index (χ2n) is 4.45. The molecule has 4 nitrogen and oxygen atoms in total. The Hall–Kier alpha value is -1.06. The average Bonchev–Trinajstić information content (AvgIpc) is 2.29. The van der Waals surface area contributed by atoms with Crippen molar-refractivity contribution in [3.8, 4) is 0 Å². The number of carboxylic acid groups (broad SMARTS) is 1. The third-order valence-electron chi connectivity index (χ3n) is 3.09. The van der Waals surface area contributed by atoms with Crippen LogP contribution in [0.2, 0.25) is 0 Å². The lowest BCUT2D eigenvalue weighted by Gasteiger charge is -2.24. The number of hydrogen-bond acceptors (Lipinski definition) is 3. The fourth-order valence-electron chi connectivity index (χ4n) is 2.04. The Morgan fingerprint density at radius 1 is 1.29 bits per heavy atom. The molecule has 1 unspecified atom stereocenters. The summed E-state index contributed by atoms with van der Waals surface area (Å²) in [4.78, 5) is 20.4. The van der Waals surface area contributed by atoms with Gasteiger partial charge in [-0.25, -0.2) is 0 Å². The van der Waals surface area contributed by atoms with Gasteiger partial charge in [-0.3, -0.25) is 9.59 Å². The maximum atomic E-state index is 10.6. The van der Waals surface area contributed by atoms with Gasteiger partial charge in [0.1, 0.15) is 0 Å². The monoisotopic (exact) mass is 244 g/mol. The molecule has 0 saturated heterocycles. The van der Waals surface area contributed by atoms with E-state index in [1.165, 1.54) is 26.2 Å². The van der Waals surface area contributed by atoms with Gasteiger partial charge in [0.05, 0.1) is 12.5 Å². The molecule has 0 spiro atoms. The minimum Gasteiger partial charge on any atom is -0.481 e. The van der Waals surface area contributed by atoms with Gasteiger partial charge in [0.15, 0.2) is 0 Å². The van der Waals surface area contributed by atoms with Crippen molar-refractivity contribution in [1.29, 1.82) is 0 Å². The van der Waals surface area contributed by atoms with E-state index in [1.807, 2.05) is 6.92 Å². The Labute approximate surface area is 103 Å². The van der Waals surface area contributed by atoms with Crippen molar-refractivity contribution >= 4 is 11.9 Å². The van der Waals surface area contributed by atoms with Crippen LogP contribution in [-0.4, -0.2) is 23.7 Å². The van der Waals surface area contributed by atoms with Crippen LogP contribution in [0.1, 0.15) is 52.9 Å². The molecule has 1 rings (SSSR count). The summed E-state index contributed by atoms with van der Waals surface area (Å²) in [5.74, 6) is -0.522. The van der Waals surface area contributed by atoms with Crippen LogP contribution >= 0.6 is 0 Å². The molecule has 0 aliphatic heterocycles. The lowest BCUT2D eigenvalue weighted by atomic mass is 9.81. The average molecular weight is 244 g/mol. The van der Waals surface area contributed by atoms with E-state index in [9.17, 15) is 9.59 Å². The maximum absolute atomic E-state index is 10.6. The molecule has 1 aliphatic carbocycles.